The maximum Gasteiger partial charge on any atom is 0.254 e. The first-order valence-corrected chi connectivity index (χ1v) is 7.61. The van der Waals surface area contributed by atoms with Crippen LogP contribution < -0.4 is 0 Å². The fraction of sp³-hybridized carbons (Fsp3) is 0.438. The fourth-order valence-electron chi connectivity index (χ4n) is 2.75. The lowest BCUT2D eigenvalue weighted by atomic mass is 10.1. The van der Waals surface area contributed by atoms with Crippen molar-refractivity contribution in [1.29, 1.82) is 0 Å². The molecule has 0 N–H and O–H groups in total. The number of nitrogens with zero attached hydrogens (tertiary/aromatic N) is 1. The molecular weight excluding hydrogens is 302 g/mol. The highest BCUT2D eigenvalue weighted by Gasteiger charge is 2.27. The van der Waals surface area contributed by atoms with E-state index in [0.29, 0.717) is 12.6 Å². The number of amides is 1. The van der Waals surface area contributed by atoms with E-state index in [1.165, 1.54) is 12.8 Å². The Hall–Kier alpha value is -1.09. The minimum atomic E-state index is 0.130. The fourth-order valence-corrected chi connectivity index (χ4v) is 3.11. The Bertz CT molecular complexity index is 478. The molecule has 1 saturated carbocycles. The third kappa shape index (κ3) is 3.08. The van der Waals surface area contributed by atoms with Gasteiger partial charge in [0.1, 0.15) is 0 Å². The lowest BCUT2D eigenvalue weighted by Gasteiger charge is -2.28. The summed E-state index contributed by atoms with van der Waals surface area (Å²) < 4.78 is 0.989. The van der Waals surface area contributed by atoms with E-state index in [2.05, 4.69) is 22.5 Å². The van der Waals surface area contributed by atoms with Crippen molar-refractivity contribution in [2.24, 2.45) is 0 Å². The summed E-state index contributed by atoms with van der Waals surface area (Å²) in [5, 5.41) is 0. The Morgan fingerprint density at radius 1 is 1.47 bits per heavy atom. The van der Waals surface area contributed by atoms with Crippen molar-refractivity contribution in [3.8, 4) is 0 Å². The minimum absolute atomic E-state index is 0.130. The number of benzene rings is 1. The first-order chi connectivity index (χ1) is 9.15. The van der Waals surface area contributed by atoms with Gasteiger partial charge >= 0.3 is 0 Å². The Labute approximate surface area is 123 Å². The van der Waals surface area contributed by atoms with Crippen molar-refractivity contribution in [3.63, 3.8) is 0 Å². The molecule has 1 aliphatic carbocycles. The average molecular weight is 322 g/mol. The van der Waals surface area contributed by atoms with Gasteiger partial charge in [-0.05, 0) is 37.5 Å². The summed E-state index contributed by atoms with van der Waals surface area (Å²) in [5.74, 6) is 0.130. The molecule has 102 valence electrons. The van der Waals surface area contributed by atoms with Crippen LogP contribution in [0, 0.1) is 6.92 Å². The SMILES string of the molecule is C=CCN(C(=O)c1cccc(Br)c1C)C1CCCC1. The molecule has 19 heavy (non-hydrogen) atoms. The second-order valence-electron chi connectivity index (χ2n) is 5.10. The van der Waals surface area contributed by atoms with Crippen molar-refractivity contribution in [2.45, 2.75) is 38.6 Å². The number of carbonyl (C=O) groups excluding carboxylic acids is 1. The van der Waals surface area contributed by atoms with Gasteiger partial charge in [0.15, 0.2) is 0 Å². The molecule has 0 spiro atoms. The van der Waals surface area contributed by atoms with Gasteiger partial charge in [0.05, 0.1) is 0 Å². The average Bonchev–Trinajstić information content (AvgIpc) is 2.92. The lowest BCUT2D eigenvalue weighted by molar-refractivity contribution is 0.0705. The highest BCUT2D eigenvalue weighted by molar-refractivity contribution is 9.10. The quantitative estimate of drug-likeness (QED) is 0.756. The van der Waals surface area contributed by atoms with Gasteiger partial charge in [-0.1, -0.05) is 40.9 Å². The smallest absolute Gasteiger partial charge is 0.254 e. The summed E-state index contributed by atoms with van der Waals surface area (Å²) in [6.45, 7) is 6.40. The predicted molar refractivity (Wildman–Crippen MR) is 82.4 cm³/mol. The van der Waals surface area contributed by atoms with Crippen molar-refractivity contribution >= 4 is 21.8 Å². The van der Waals surface area contributed by atoms with Crippen LogP contribution in [0.15, 0.2) is 35.3 Å². The number of carbonyl (C=O) groups is 1. The maximum absolute atomic E-state index is 12.8. The van der Waals surface area contributed by atoms with E-state index in [4.69, 9.17) is 0 Å². The summed E-state index contributed by atoms with van der Waals surface area (Å²) in [6, 6.07) is 6.18. The zero-order valence-corrected chi connectivity index (χ0v) is 12.9. The van der Waals surface area contributed by atoms with E-state index in [1.807, 2.05) is 36.1 Å². The van der Waals surface area contributed by atoms with E-state index < -0.39 is 0 Å². The van der Waals surface area contributed by atoms with Gasteiger partial charge in [0.2, 0.25) is 0 Å². The molecule has 1 fully saturated rings. The number of rotatable bonds is 4. The van der Waals surface area contributed by atoms with Gasteiger partial charge in [-0.2, -0.15) is 0 Å². The van der Waals surface area contributed by atoms with E-state index in [0.717, 1.165) is 28.4 Å². The van der Waals surface area contributed by atoms with Crippen LogP contribution in [0.25, 0.3) is 0 Å². The maximum atomic E-state index is 12.8. The largest absolute Gasteiger partial charge is 0.332 e. The van der Waals surface area contributed by atoms with Crippen molar-refractivity contribution in [3.05, 3.63) is 46.5 Å². The van der Waals surface area contributed by atoms with Gasteiger partial charge in [0.25, 0.3) is 5.91 Å². The molecule has 0 radical (unpaired) electrons. The normalized spacial score (nSPS) is 15.5. The Morgan fingerprint density at radius 2 is 2.16 bits per heavy atom. The van der Waals surface area contributed by atoms with Gasteiger partial charge in [-0.25, -0.2) is 0 Å². The molecule has 0 saturated heterocycles. The van der Waals surface area contributed by atoms with Crippen molar-refractivity contribution in [1.82, 2.24) is 4.90 Å². The molecule has 2 rings (SSSR count). The van der Waals surface area contributed by atoms with Gasteiger partial charge in [-0.3, -0.25) is 4.79 Å². The number of hydrogen-bond donors (Lipinski definition) is 0. The van der Waals surface area contributed by atoms with Crippen LogP contribution in [-0.2, 0) is 0 Å². The van der Waals surface area contributed by atoms with Crippen LogP contribution in [0.2, 0.25) is 0 Å². The molecular formula is C16H20BrNO. The van der Waals surface area contributed by atoms with E-state index >= 15 is 0 Å². The van der Waals surface area contributed by atoms with Crippen LogP contribution >= 0.6 is 15.9 Å². The summed E-state index contributed by atoms with van der Waals surface area (Å²) >= 11 is 3.50. The van der Waals surface area contributed by atoms with Crippen LogP contribution in [0.5, 0.6) is 0 Å². The van der Waals surface area contributed by atoms with Crippen LogP contribution in [0.4, 0.5) is 0 Å². The third-order valence-electron chi connectivity index (χ3n) is 3.85. The zero-order chi connectivity index (χ0) is 13.8. The summed E-state index contributed by atoms with van der Waals surface area (Å²) in [6.07, 6.45) is 6.51. The van der Waals surface area contributed by atoms with Crippen LogP contribution in [-0.4, -0.2) is 23.4 Å². The molecule has 1 aromatic carbocycles. The molecule has 1 aliphatic rings. The molecule has 0 atom stereocenters. The molecule has 3 heteroatoms. The second kappa shape index (κ2) is 6.38. The standard InChI is InChI=1S/C16H20BrNO/c1-3-11-18(13-7-4-5-8-13)16(19)14-9-6-10-15(17)12(14)2/h3,6,9-10,13H,1,4-5,7-8,11H2,2H3. The Kier molecular flexibility index (Phi) is 4.81. The van der Waals surface area contributed by atoms with Crippen molar-refractivity contribution in [2.75, 3.05) is 6.54 Å². The molecule has 0 bridgehead atoms. The third-order valence-corrected chi connectivity index (χ3v) is 4.71. The van der Waals surface area contributed by atoms with E-state index in [-0.39, 0.29) is 5.91 Å². The molecule has 0 aliphatic heterocycles. The van der Waals surface area contributed by atoms with Crippen LogP contribution in [0.1, 0.15) is 41.6 Å². The minimum Gasteiger partial charge on any atom is -0.332 e. The number of hydrogen-bond acceptors (Lipinski definition) is 1. The number of halogens is 1. The molecule has 0 unspecified atom stereocenters. The highest BCUT2D eigenvalue weighted by Crippen LogP contribution is 2.27. The van der Waals surface area contributed by atoms with E-state index in [1.54, 1.807) is 0 Å². The van der Waals surface area contributed by atoms with Crippen molar-refractivity contribution < 1.29 is 4.79 Å². The highest BCUT2D eigenvalue weighted by atomic mass is 79.9. The lowest BCUT2D eigenvalue weighted by Crippen LogP contribution is -2.39. The topological polar surface area (TPSA) is 20.3 Å². The Morgan fingerprint density at radius 3 is 2.79 bits per heavy atom. The summed E-state index contributed by atoms with van der Waals surface area (Å²) in [4.78, 5) is 14.7. The molecule has 2 nitrogen and oxygen atoms in total. The van der Waals surface area contributed by atoms with Crippen LogP contribution in [0.3, 0.4) is 0 Å². The van der Waals surface area contributed by atoms with Gasteiger partial charge < -0.3 is 4.90 Å². The van der Waals surface area contributed by atoms with Gasteiger partial charge in [0, 0.05) is 22.6 Å². The molecule has 1 amide bonds. The second-order valence-corrected chi connectivity index (χ2v) is 5.95. The monoisotopic (exact) mass is 321 g/mol. The van der Waals surface area contributed by atoms with Gasteiger partial charge in [-0.15, -0.1) is 6.58 Å². The zero-order valence-electron chi connectivity index (χ0n) is 11.4. The van der Waals surface area contributed by atoms with E-state index in [9.17, 15) is 4.79 Å². The summed E-state index contributed by atoms with van der Waals surface area (Å²) in [7, 11) is 0. The molecule has 1 aromatic rings. The molecule has 0 heterocycles. The first-order valence-electron chi connectivity index (χ1n) is 6.82. The Balaban J connectivity index is 2.28. The summed E-state index contributed by atoms with van der Waals surface area (Å²) in [5.41, 5.74) is 1.81. The molecule has 0 aromatic heterocycles. The first kappa shape index (κ1) is 14.3. The predicted octanol–water partition coefficient (Wildman–Crippen LogP) is 4.33.